The van der Waals surface area contributed by atoms with Gasteiger partial charge in [0.05, 0.1) is 0 Å². The number of hydrogen-bond acceptors (Lipinski definition) is 4. The average Bonchev–Trinajstić information content (AvgIpc) is 3.85. The molecule has 0 amide bonds. The number of para-hydroxylation sites is 1. The Labute approximate surface area is 389 Å². The fourth-order valence-corrected chi connectivity index (χ4v) is 11.0. The summed E-state index contributed by atoms with van der Waals surface area (Å²) in [6, 6.07) is 56.2. The highest BCUT2D eigenvalue weighted by molar-refractivity contribution is 5.95. The summed E-state index contributed by atoms with van der Waals surface area (Å²) >= 11 is 0. The Balaban J connectivity index is 0.00000238. The zero-order valence-corrected chi connectivity index (χ0v) is 38.3. The van der Waals surface area contributed by atoms with Gasteiger partial charge in [-0.25, -0.2) is 15.0 Å². The van der Waals surface area contributed by atoms with Gasteiger partial charge in [0.1, 0.15) is 0 Å². The normalized spacial score (nSPS) is 17.7. The van der Waals surface area contributed by atoms with Crippen molar-refractivity contribution in [2.24, 2.45) is 5.92 Å². The third-order valence-corrected chi connectivity index (χ3v) is 13.9. The summed E-state index contributed by atoms with van der Waals surface area (Å²) in [5, 5.41) is 0. The Morgan fingerprint density at radius 3 is 1.77 bits per heavy atom. The molecular weight excluding hydrogens is 801 g/mol. The van der Waals surface area contributed by atoms with E-state index >= 15 is 0 Å². The molecule has 66 heavy (non-hydrogen) atoms. The maximum Gasteiger partial charge on any atom is 0.164 e. The van der Waals surface area contributed by atoms with Gasteiger partial charge in [-0.15, -0.1) is 0 Å². The lowest BCUT2D eigenvalue weighted by Gasteiger charge is -2.30. The highest BCUT2D eigenvalue weighted by Gasteiger charge is 2.43. The predicted molar refractivity (Wildman–Crippen MR) is 275 cm³/mol. The lowest BCUT2D eigenvalue weighted by atomic mass is 9.76. The van der Waals surface area contributed by atoms with Gasteiger partial charge in [-0.1, -0.05) is 185 Å². The standard InChI is InChI=1S/C60H48N4.C2H6/c1-60(2)53-32-16-15-27-49(53)50-30-17-28-47(55(50)60)42-33-34-54-52(38-42)51-31-18-29-48(56(51)64(54)46-25-13-6-14-26-46)44-35-43(39-19-7-3-8-20-39)36-45(37-44)59-62-57(40-21-9-4-10-22-40)61-58(63-59)41-23-11-5-12-24-41;1-2/h3-14,17-30,32,35-38,51H,15-16,31,33-34H2,1-2H3;1-2H3. The van der Waals surface area contributed by atoms with Crippen LogP contribution in [0.15, 0.2) is 211 Å². The third-order valence-electron chi connectivity index (χ3n) is 13.9. The van der Waals surface area contributed by atoms with Gasteiger partial charge in [0.2, 0.25) is 0 Å². The molecule has 7 aromatic rings. The van der Waals surface area contributed by atoms with Gasteiger partial charge >= 0.3 is 0 Å². The monoisotopic (exact) mass is 854 g/mol. The molecule has 6 aromatic carbocycles. The Bertz CT molecular complexity index is 3130. The van der Waals surface area contributed by atoms with Crippen molar-refractivity contribution in [2.75, 3.05) is 4.90 Å². The van der Waals surface area contributed by atoms with E-state index in [0.717, 1.165) is 65.5 Å². The minimum atomic E-state index is -0.0328. The molecule has 0 spiro atoms. The van der Waals surface area contributed by atoms with Crippen molar-refractivity contribution in [3.8, 4) is 45.3 Å². The van der Waals surface area contributed by atoms with Crippen LogP contribution in [-0.2, 0) is 5.41 Å². The van der Waals surface area contributed by atoms with Crippen LogP contribution in [0.5, 0.6) is 0 Å². The van der Waals surface area contributed by atoms with Crippen LogP contribution in [0.2, 0.25) is 0 Å². The molecule has 4 heteroatoms. The zero-order valence-electron chi connectivity index (χ0n) is 38.3. The summed E-state index contributed by atoms with van der Waals surface area (Å²) in [7, 11) is 0. The van der Waals surface area contributed by atoms with Gasteiger partial charge < -0.3 is 4.90 Å². The molecule has 4 aliphatic carbocycles. The fourth-order valence-electron chi connectivity index (χ4n) is 11.0. The quantitative estimate of drug-likeness (QED) is 0.160. The first-order valence-electron chi connectivity index (χ1n) is 23.8. The van der Waals surface area contributed by atoms with E-state index in [1.54, 1.807) is 0 Å². The summed E-state index contributed by atoms with van der Waals surface area (Å²) < 4.78 is 0. The Kier molecular flexibility index (Phi) is 10.7. The number of rotatable bonds is 7. The van der Waals surface area contributed by atoms with Crippen LogP contribution < -0.4 is 4.90 Å². The molecule has 5 aliphatic rings. The number of benzene rings is 6. The van der Waals surface area contributed by atoms with Crippen molar-refractivity contribution in [3.05, 3.63) is 233 Å². The summed E-state index contributed by atoms with van der Waals surface area (Å²) in [5.74, 6) is 2.16. The first kappa shape index (κ1) is 41.3. The van der Waals surface area contributed by atoms with E-state index in [1.165, 1.54) is 61.6 Å². The molecular formula is C62H54N4. The summed E-state index contributed by atoms with van der Waals surface area (Å²) in [5.41, 5.74) is 21.6. The average molecular weight is 855 g/mol. The molecule has 1 aromatic heterocycles. The molecule has 0 bridgehead atoms. The second-order valence-corrected chi connectivity index (χ2v) is 18.1. The van der Waals surface area contributed by atoms with Gasteiger partial charge in [-0.2, -0.15) is 0 Å². The van der Waals surface area contributed by atoms with Gasteiger partial charge in [0.15, 0.2) is 17.5 Å². The predicted octanol–water partition coefficient (Wildman–Crippen LogP) is 15.9. The number of hydrogen-bond donors (Lipinski definition) is 0. The molecule has 12 rings (SSSR count). The van der Waals surface area contributed by atoms with Crippen LogP contribution in [-0.4, -0.2) is 15.0 Å². The van der Waals surface area contributed by atoms with Crippen LogP contribution >= 0.6 is 0 Å². The van der Waals surface area contributed by atoms with E-state index in [0.29, 0.717) is 17.5 Å². The van der Waals surface area contributed by atoms with Gasteiger partial charge in [0, 0.05) is 50.7 Å². The lowest BCUT2D eigenvalue weighted by molar-refractivity contribution is 0.652. The van der Waals surface area contributed by atoms with Crippen molar-refractivity contribution < 1.29 is 0 Å². The number of anilines is 1. The third kappa shape index (κ3) is 7.13. The van der Waals surface area contributed by atoms with Crippen molar-refractivity contribution in [1.29, 1.82) is 0 Å². The molecule has 1 atom stereocenters. The van der Waals surface area contributed by atoms with E-state index < -0.39 is 0 Å². The molecule has 0 radical (unpaired) electrons. The second-order valence-electron chi connectivity index (χ2n) is 18.1. The molecule has 0 N–H and O–H groups in total. The van der Waals surface area contributed by atoms with E-state index in [4.69, 9.17) is 15.0 Å². The maximum absolute atomic E-state index is 5.21. The van der Waals surface area contributed by atoms with Crippen LogP contribution in [0.4, 0.5) is 5.69 Å². The summed E-state index contributed by atoms with van der Waals surface area (Å²) in [6.07, 6.45) is 17.5. The van der Waals surface area contributed by atoms with Gasteiger partial charge in [0.25, 0.3) is 0 Å². The molecule has 2 heterocycles. The smallest absolute Gasteiger partial charge is 0.164 e. The van der Waals surface area contributed by atoms with Crippen molar-refractivity contribution in [1.82, 2.24) is 15.0 Å². The first-order valence-corrected chi connectivity index (χ1v) is 23.8. The Morgan fingerprint density at radius 2 is 1.11 bits per heavy atom. The second kappa shape index (κ2) is 17.2. The molecule has 0 saturated carbocycles. The molecule has 1 unspecified atom stereocenters. The first-order chi connectivity index (χ1) is 32.5. The zero-order chi connectivity index (χ0) is 44.8. The van der Waals surface area contributed by atoms with Crippen LogP contribution in [0.3, 0.4) is 0 Å². The van der Waals surface area contributed by atoms with Crippen molar-refractivity contribution >= 4 is 22.4 Å². The summed E-state index contributed by atoms with van der Waals surface area (Å²) in [4.78, 5) is 18.1. The largest absolute Gasteiger partial charge is 0.316 e. The highest BCUT2D eigenvalue weighted by atomic mass is 15.2. The highest BCUT2D eigenvalue weighted by Crippen LogP contribution is 2.56. The number of nitrogens with zero attached hydrogens (tertiary/aromatic N) is 4. The van der Waals surface area contributed by atoms with Crippen LogP contribution in [0, 0.1) is 5.92 Å². The topological polar surface area (TPSA) is 41.9 Å². The number of aromatic nitrogens is 3. The molecule has 0 saturated heterocycles. The van der Waals surface area contributed by atoms with Crippen molar-refractivity contribution in [2.45, 2.75) is 65.2 Å². The van der Waals surface area contributed by atoms with Crippen LogP contribution in [0.25, 0.3) is 62.0 Å². The SMILES string of the molecule is CC.CC1(C)C2=CCCC=C2c2cccc(C3=CC4=C(CC3)N(c3ccccc3)C3=C(c5cc(-c6ccccc6)cc(-c6nc(-c7ccccc7)nc(-c7ccccc7)n6)c5)C=CCC43)c21. The molecule has 4 nitrogen and oxygen atoms in total. The Morgan fingerprint density at radius 1 is 0.545 bits per heavy atom. The minimum absolute atomic E-state index is 0.0328. The van der Waals surface area contributed by atoms with Crippen LogP contribution in [0.1, 0.15) is 82.1 Å². The van der Waals surface area contributed by atoms with Gasteiger partial charge in [-0.05, 0) is 118 Å². The number of allylic oxidation sites excluding steroid dienone is 11. The maximum atomic E-state index is 5.21. The van der Waals surface area contributed by atoms with E-state index in [1.807, 2.05) is 50.2 Å². The fraction of sp³-hybridized carbons (Fsp3) is 0.177. The van der Waals surface area contributed by atoms with Gasteiger partial charge in [-0.3, -0.25) is 0 Å². The lowest BCUT2D eigenvalue weighted by Crippen LogP contribution is -2.22. The molecule has 322 valence electrons. The van der Waals surface area contributed by atoms with E-state index in [9.17, 15) is 0 Å². The number of fused-ring (bicyclic) bond motifs is 5. The molecule has 0 fully saturated rings. The van der Waals surface area contributed by atoms with E-state index in [2.05, 4.69) is 170 Å². The molecule has 1 aliphatic heterocycles. The Hall–Kier alpha value is -7.43. The summed E-state index contributed by atoms with van der Waals surface area (Å²) in [6.45, 7) is 8.87. The van der Waals surface area contributed by atoms with E-state index in [-0.39, 0.29) is 11.3 Å². The van der Waals surface area contributed by atoms with Crippen molar-refractivity contribution in [3.63, 3.8) is 0 Å². The minimum Gasteiger partial charge on any atom is -0.316 e.